The van der Waals surface area contributed by atoms with Crippen LogP contribution in [0.15, 0.2) is 36.4 Å². The summed E-state index contributed by atoms with van der Waals surface area (Å²) in [5, 5.41) is 1.85. The zero-order valence-electron chi connectivity index (χ0n) is 10.4. The van der Waals surface area contributed by atoms with Crippen molar-refractivity contribution in [3.63, 3.8) is 0 Å². The average Bonchev–Trinajstić information content (AvgIpc) is 2.70. The van der Waals surface area contributed by atoms with E-state index in [0.717, 1.165) is 10.8 Å². The van der Waals surface area contributed by atoms with Crippen LogP contribution in [0.2, 0.25) is 0 Å². The Morgan fingerprint density at radius 3 is 2.58 bits per heavy atom. The Kier molecular flexibility index (Phi) is 2.86. The summed E-state index contributed by atoms with van der Waals surface area (Å²) in [6.07, 6.45) is 0.304. The third-order valence-electron chi connectivity index (χ3n) is 3.40. The van der Waals surface area contributed by atoms with E-state index in [-0.39, 0.29) is 17.6 Å². The molecule has 1 unspecified atom stereocenters. The monoisotopic (exact) mass is 277 g/mol. The van der Waals surface area contributed by atoms with Gasteiger partial charge in [0.2, 0.25) is 0 Å². The Labute approximate surface area is 112 Å². The average molecular weight is 277 g/mol. The van der Waals surface area contributed by atoms with Gasteiger partial charge in [0.1, 0.15) is 11.9 Å². The molecule has 0 amide bonds. The summed E-state index contributed by atoms with van der Waals surface area (Å²) in [6, 6.07) is 11.3. The van der Waals surface area contributed by atoms with Gasteiger partial charge in [-0.2, -0.15) is 0 Å². The summed E-state index contributed by atoms with van der Waals surface area (Å²) in [5.41, 5.74) is 6.62. The molecule has 0 saturated carbocycles. The fraction of sp³-hybridized carbons (Fsp3) is 0.286. The van der Waals surface area contributed by atoms with Crippen LogP contribution in [-0.2, 0) is 9.84 Å². The van der Waals surface area contributed by atoms with Crippen molar-refractivity contribution in [1.82, 2.24) is 0 Å². The third kappa shape index (κ3) is 2.38. The summed E-state index contributed by atoms with van der Waals surface area (Å²) >= 11 is 0. The molecule has 19 heavy (non-hydrogen) atoms. The molecule has 0 aliphatic carbocycles. The largest absolute Gasteiger partial charge is 0.489 e. The third-order valence-corrected chi connectivity index (χ3v) is 5.14. The molecular weight excluding hydrogens is 262 g/mol. The van der Waals surface area contributed by atoms with Gasteiger partial charge in [0.05, 0.1) is 11.5 Å². The smallest absolute Gasteiger partial charge is 0.154 e. The zero-order chi connectivity index (χ0) is 13.5. The van der Waals surface area contributed by atoms with Crippen molar-refractivity contribution in [2.45, 2.75) is 12.5 Å². The first kappa shape index (κ1) is 12.3. The first-order valence-corrected chi connectivity index (χ1v) is 8.02. The number of hydrogen-bond acceptors (Lipinski definition) is 4. The lowest BCUT2D eigenvalue weighted by atomic mass is 10.1. The maximum atomic E-state index is 11.4. The molecule has 2 N–H and O–H groups in total. The van der Waals surface area contributed by atoms with Crippen LogP contribution in [0.25, 0.3) is 10.8 Å². The van der Waals surface area contributed by atoms with Crippen molar-refractivity contribution in [2.75, 3.05) is 17.2 Å². The summed E-state index contributed by atoms with van der Waals surface area (Å²) in [6.45, 7) is 0. The predicted molar refractivity (Wildman–Crippen MR) is 76.0 cm³/mol. The molecule has 1 aliphatic heterocycles. The predicted octanol–water partition coefficient (Wildman–Crippen LogP) is 1.99. The van der Waals surface area contributed by atoms with Crippen molar-refractivity contribution >= 4 is 26.3 Å². The number of nitrogens with two attached hydrogens (primary N) is 1. The van der Waals surface area contributed by atoms with Crippen molar-refractivity contribution < 1.29 is 13.2 Å². The molecule has 1 atom stereocenters. The van der Waals surface area contributed by atoms with E-state index >= 15 is 0 Å². The van der Waals surface area contributed by atoms with Gasteiger partial charge in [0.25, 0.3) is 0 Å². The van der Waals surface area contributed by atoms with E-state index in [2.05, 4.69) is 0 Å². The van der Waals surface area contributed by atoms with Crippen LogP contribution in [0, 0.1) is 0 Å². The highest BCUT2D eigenvalue weighted by Gasteiger charge is 2.29. The lowest BCUT2D eigenvalue weighted by Crippen LogP contribution is -2.17. The van der Waals surface area contributed by atoms with Gasteiger partial charge < -0.3 is 10.5 Å². The van der Waals surface area contributed by atoms with Crippen LogP contribution in [0.3, 0.4) is 0 Å². The highest BCUT2D eigenvalue weighted by atomic mass is 32.2. The van der Waals surface area contributed by atoms with Gasteiger partial charge in [-0.25, -0.2) is 8.42 Å². The first-order chi connectivity index (χ1) is 9.05. The molecule has 2 aromatic rings. The number of anilines is 1. The molecule has 2 aromatic carbocycles. The fourth-order valence-electron chi connectivity index (χ4n) is 2.44. The van der Waals surface area contributed by atoms with Gasteiger partial charge >= 0.3 is 0 Å². The molecule has 0 spiro atoms. The lowest BCUT2D eigenvalue weighted by molar-refractivity contribution is 0.232. The van der Waals surface area contributed by atoms with E-state index in [4.69, 9.17) is 10.5 Å². The van der Waals surface area contributed by atoms with Crippen LogP contribution in [0.4, 0.5) is 5.69 Å². The quantitative estimate of drug-likeness (QED) is 0.852. The number of benzene rings is 2. The second kappa shape index (κ2) is 4.42. The minimum Gasteiger partial charge on any atom is -0.489 e. The molecule has 1 saturated heterocycles. The summed E-state index contributed by atoms with van der Waals surface area (Å²) in [4.78, 5) is 0. The molecule has 1 heterocycles. The van der Waals surface area contributed by atoms with E-state index in [0.29, 0.717) is 17.9 Å². The lowest BCUT2D eigenvalue weighted by Gasteiger charge is -2.14. The zero-order valence-corrected chi connectivity index (χ0v) is 11.2. The van der Waals surface area contributed by atoms with E-state index in [9.17, 15) is 8.42 Å². The maximum absolute atomic E-state index is 11.4. The minimum absolute atomic E-state index is 0.103. The Morgan fingerprint density at radius 1 is 1.11 bits per heavy atom. The van der Waals surface area contributed by atoms with E-state index in [1.54, 1.807) is 0 Å². The van der Waals surface area contributed by atoms with Crippen molar-refractivity contribution in [1.29, 1.82) is 0 Å². The van der Waals surface area contributed by atoms with Crippen LogP contribution >= 0.6 is 0 Å². The maximum Gasteiger partial charge on any atom is 0.154 e. The number of rotatable bonds is 2. The number of ether oxygens (including phenoxy) is 1. The van der Waals surface area contributed by atoms with Gasteiger partial charge in [-0.15, -0.1) is 0 Å². The molecule has 0 bridgehead atoms. The minimum atomic E-state index is -2.93. The molecule has 1 fully saturated rings. The topological polar surface area (TPSA) is 69.4 Å². The van der Waals surface area contributed by atoms with E-state index in [1.807, 2.05) is 36.4 Å². The van der Waals surface area contributed by atoms with Crippen molar-refractivity contribution in [3.8, 4) is 5.75 Å². The van der Waals surface area contributed by atoms with Gasteiger partial charge in [-0.1, -0.05) is 24.3 Å². The Bertz CT molecular complexity index is 725. The summed E-state index contributed by atoms with van der Waals surface area (Å²) in [5.74, 6) is 1.02. The highest BCUT2D eigenvalue weighted by Crippen LogP contribution is 2.31. The normalized spacial score (nSPS) is 21.6. The summed E-state index contributed by atoms with van der Waals surface area (Å²) < 4.78 is 28.7. The van der Waals surface area contributed by atoms with Crippen LogP contribution in [-0.4, -0.2) is 26.0 Å². The van der Waals surface area contributed by atoms with Crippen LogP contribution in [0.1, 0.15) is 6.42 Å². The van der Waals surface area contributed by atoms with E-state index < -0.39 is 9.84 Å². The standard InChI is InChI=1S/C14H15NO3S/c15-13-5-1-4-12-11(13)3-2-6-14(12)18-10-7-8-19(16,17)9-10/h1-6,10H,7-9,15H2. The fourth-order valence-corrected chi connectivity index (χ4v) is 4.03. The van der Waals surface area contributed by atoms with Gasteiger partial charge in [0, 0.05) is 16.5 Å². The van der Waals surface area contributed by atoms with Crippen molar-refractivity contribution in [3.05, 3.63) is 36.4 Å². The Hall–Kier alpha value is -1.75. The SMILES string of the molecule is Nc1cccc2c(OC3CCS(=O)(=O)C3)cccc12. The number of nitrogen functional groups attached to an aromatic ring is 1. The van der Waals surface area contributed by atoms with Crippen molar-refractivity contribution in [2.24, 2.45) is 0 Å². The van der Waals surface area contributed by atoms with Gasteiger partial charge in [-0.05, 0) is 18.6 Å². The molecule has 100 valence electrons. The van der Waals surface area contributed by atoms with Crippen LogP contribution < -0.4 is 10.5 Å². The number of sulfone groups is 1. The number of fused-ring (bicyclic) bond motifs is 1. The highest BCUT2D eigenvalue weighted by molar-refractivity contribution is 7.91. The molecule has 4 nitrogen and oxygen atoms in total. The Morgan fingerprint density at radius 2 is 1.84 bits per heavy atom. The van der Waals surface area contributed by atoms with Crippen LogP contribution in [0.5, 0.6) is 5.75 Å². The molecule has 3 rings (SSSR count). The second-order valence-corrected chi connectivity index (χ2v) is 7.07. The molecule has 0 aromatic heterocycles. The van der Waals surface area contributed by atoms with E-state index in [1.165, 1.54) is 0 Å². The molecular formula is C14H15NO3S. The van der Waals surface area contributed by atoms with Gasteiger partial charge in [0.15, 0.2) is 9.84 Å². The second-order valence-electron chi connectivity index (χ2n) is 4.84. The summed E-state index contributed by atoms with van der Waals surface area (Å²) in [7, 11) is -2.93. The Balaban J connectivity index is 1.96. The molecule has 1 aliphatic rings. The number of hydrogen-bond donors (Lipinski definition) is 1. The van der Waals surface area contributed by atoms with Gasteiger partial charge in [-0.3, -0.25) is 0 Å². The molecule has 0 radical (unpaired) electrons. The molecule has 5 heteroatoms. The first-order valence-electron chi connectivity index (χ1n) is 6.19.